The van der Waals surface area contributed by atoms with Crippen molar-refractivity contribution in [2.45, 2.75) is 45.2 Å². The summed E-state index contributed by atoms with van der Waals surface area (Å²) in [7, 11) is 3.62. The summed E-state index contributed by atoms with van der Waals surface area (Å²) in [6.07, 6.45) is 3.93. The highest BCUT2D eigenvalue weighted by Crippen LogP contribution is 2.28. The van der Waals surface area contributed by atoms with E-state index in [1.54, 1.807) is 14.0 Å². The molecule has 0 atom stereocenters. The lowest BCUT2D eigenvalue weighted by Gasteiger charge is -2.27. The van der Waals surface area contributed by atoms with Crippen LogP contribution in [0.15, 0.2) is 42.5 Å². The third-order valence-electron chi connectivity index (χ3n) is 5.84. The van der Waals surface area contributed by atoms with Crippen LogP contribution in [0.25, 0.3) is 11.1 Å². The van der Waals surface area contributed by atoms with Gasteiger partial charge in [0.25, 0.3) is 0 Å². The third kappa shape index (κ3) is 5.24. The average molecular weight is 395 g/mol. The first-order chi connectivity index (χ1) is 14.0. The van der Waals surface area contributed by atoms with Gasteiger partial charge < -0.3 is 15.4 Å². The van der Waals surface area contributed by atoms with Crippen molar-refractivity contribution in [1.29, 1.82) is 0 Å². The quantitative estimate of drug-likeness (QED) is 0.698. The van der Waals surface area contributed by atoms with Crippen molar-refractivity contribution in [3.8, 4) is 16.9 Å². The van der Waals surface area contributed by atoms with Gasteiger partial charge in [0.15, 0.2) is 5.78 Å². The summed E-state index contributed by atoms with van der Waals surface area (Å²) < 4.78 is 5.49. The molecule has 3 rings (SSSR count). The number of carbonyl (C=O) groups excluding carboxylic acids is 2. The smallest absolute Gasteiger partial charge is 0.223 e. The van der Waals surface area contributed by atoms with Crippen molar-refractivity contribution in [3.63, 3.8) is 0 Å². The van der Waals surface area contributed by atoms with Gasteiger partial charge in [-0.1, -0.05) is 24.3 Å². The van der Waals surface area contributed by atoms with Crippen LogP contribution in [0.1, 0.15) is 48.5 Å². The number of ketones is 1. The maximum Gasteiger partial charge on any atom is 0.223 e. The molecule has 0 saturated heterocycles. The lowest BCUT2D eigenvalue weighted by Crippen LogP contribution is -2.37. The van der Waals surface area contributed by atoms with E-state index in [4.69, 9.17) is 4.74 Å². The fourth-order valence-electron chi connectivity index (χ4n) is 3.98. The number of nitrogens with one attached hydrogen (secondary N) is 2. The third-order valence-corrected chi connectivity index (χ3v) is 5.84. The zero-order chi connectivity index (χ0) is 20.8. The van der Waals surface area contributed by atoms with Crippen LogP contribution >= 0.6 is 0 Å². The van der Waals surface area contributed by atoms with Crippen molar-refractivity contribution in [2.24, 2.45) is 5.92 Å². The molecule has 5 nitrogen and oxygen atoms in total. The minimum atomic E-state index is 0.0424. The predicted octanol–water partition coefficient (Wildman–Crippen LogP) is 3.96. The summed E-state index contributed by atoms with van der Waals surface area (Å²) in [5, 5.41) is 6.39. The molecule has 29 heavy (non-hydrogen) atoms. The number of rotatable bonds is 7. The van der Waals surface area contributed by atoms with Gasteiger partial charge in [0, 0.05) is 29.6 Å². The second kappa shape index (κ2) is 9.70. The Morgan fingerprint density at radius 1 is 1.03 bits per heavy atom. The summed E-state index contributed by atoms with van der Waals surface area (Å²) in [5.41, 5.74) is 3.58. The van der Waals surface area contributed by atoms with Gasteiger partial charge in [-0.15, -0.1) is 0 Å². The maximum atomic E-state index is 12.6. The molecule has 154 valence electrons. The maximum absolute atomic E-state index is 12.6. The largest absolute Gasteiger partial charge is 0.496 e. The molecule has 1 saturated carbocycles. The molecule has 0 bridgehead atoms. The van der Waals surface area contributed by atoms with Crippen LogP contribution in [0.5, 0.6) is 5.75 Å². The Bertz CT molecular complexity index is 870. The molecule has 0 radical (unpaired) electrons. The Morgan fingerprint density at radius 3 is 2.41 bits per heavy atom. The van der Waals surface area contributed by atoms with Gasteiger partial charge >= 0.3 is 0 Å². The van der Waals surface area contributed by atoms with E-state index in [0.717, 1.165) is 48.1 Å². The number of Topliss-reactive ketones (excluding diaryl/α,β-unsaturated/α-hetero) is 1. The van der Waals surface area contributed by atoms with Gasteiger partial charge in [-0.3, -0.25) is 9.59 Å². The number of carbonyl (C=O) groups is 2. The topological polar surface area (TPSA) is 67.4 Å². The van der Waals surface area contributed by atoms with E-state index in [9.17, 15) is 9.59 Å². The van der Waals surface area contributed by atoms with E-state index in [2.05, 4.69) is 10.6 Å². The SMILES string of the molecule is CNC1CCC(C(=O)NCc2cc(-c3cccc(C(C)=O)c3)ccc2OC)CC1. The molecular formula is C24H30N2O3. The van der Waals surface area contributed by atoms with Crippen LogP contribution < -0.4 is 15.4 Å². The summed E-state index contributed by atoms with van der Waals surface area (Å²) in [6, 6.07) is 14.0. The van der Waals surface area contributed by atoms with Crippen LogP contribution in [0, 0.1) is 5.92 Å². The molecule has 1 aliphatic carbocycles. The minimum absolute atomic E-state index is 0.0424. The highest BCUT2D eigenvalue weighted by atomic mass is 16.5. The fraction of sp³-hybridized carbons (Fsp3) is 0.417. The molecule has 1 aliphatic rings. The molecule has 1 fully saturated rings. The summed E-state index contributed by atoms with van der Waals surface area (Å²) in [6.45, 7) is 1.99. The van der Waals surface area contributed by atoms with Crippen molar-refractivity contribution in [1.82, 2.24) is 10.6 Å². The van der Waals surface area contributed by atoms with E-state index in [1.165, 1.54) is 0 Å². The van der Waals surface area contributed by atoms with Gasteiger partial charge in [0.05, 0.1) is 7.11 Å². The van der Waals surface area contributed by atoms with Gasteiger partial charge in [-0.05, 0) is 69.0 Å². The normalized spacial score (nSPS) is 18.9. The first-order valence-corrected chi connectivity index (χ1v) is 10.2. The van der Waals surface area contributed by atoms with Crippen molar-refractivity contribution in [3.05, 3.63) is 53.6 Å². The monoisotopic (exact) mass is 394 g/mol. The van der Waals surface area contributed by atoms with Gasteiger partial charge in [-0.2, -0.15) is 0 Å². The summed E-state index contributed by atoms with van der Waals surface area (Å²) in [4.78, 5) is 24.3. The molecule has 2 N–H and O–H groups in total. The molecule has 2 aromatic rings. The van der Waals surface area contributed by atoms with E-state index < -0.39 is 0 Å². The molecule has 5 heteroatoms. The molecule has 1 amide bonds. The Labute approximate surface area is 172 Å². The van der Waals surface area contributed by atoms with Crippen LogP contribution in [0.2, 0.25) is 0 Å². The van der Waals surface area contributed by atoms with Crippen molar-refractivity contribution < 1.29 is 14.3 Å². The van der Waals surface area contributed by atoms with Crippen LogP contribution in [-0.2, 0) is 11.3 Å². The van der Waals surface area contributed by atoms with Crippen molar-refractivity contribution in [2.75, 3.05) is 14.2 Å². The molecular weight excluding hydrogens is 364 g/mol. The van der Waals surface area contributed by atoms with Crippen LogP contribution in [0.4, 0.5) is 0 Å². The number of ether oxygens (including phenoxy) is 1. The lowest BCUT2D eigenvalue weighted by molar-refractivity contribution is -0.126. The highest BCUT2D eigenvalue weighted by Gasteiger charge is 2.25. The van der Waals surface area contributed by atoms with Gasteiger partial charge in [-0.25, -0.2) is 0 Å². The second-order valence-corrected chi connectivity index (χ2v) is 7.72. The number of amides is 1. The van der Waals surface area contributed by atoms with E-state index in [-0.39, 0.29) is 17.6 Å². The van der Waals surface area contributed by atoms with Crippen molar-refractivity contribution >= 4 is 11.7 Å². The first kappa shape index (κ1) is 21.1. The van der Waals surface area contributed by atoms with Gasteiger partial charge in [0.2, 0.25) is 5.91 Å². The first-order valence-electron chi connectivity index (χ1n) is 10.2. The van der Waals surface area contributed by atoms with Gasteiger partial charge in [0.1, 0.15) is 5.75 Å². The molecule has 2 aromatic carbocycles. The zero-order valence-corrected chi connectivity index (χ0v) is 17.5. The molecule has 0 aromatic heterocycles. The fourth-order valence-corrected chi connectivity index (χ4v) is 3.98. The number of methoxy groups -OCH3 is 1. The number of benzene rings is 2. The standard InChI is InChI=1S/C24H30N2O3/c1-16(27)18-5-4-6-19(13-18)20-9-12-23(29-3)21(14-20)15-26-24(28)17-7-10-22(25-2)11-8-17/h4-6,9,12-14,17,22,25H,7-8,10-11,15H2,1-3H3,(H,26,28). The zero-order valence-electron chi connectivity index (χ0n) is 17.5. The average Bonchev–Trinajstić information content (AvgIpc) is 2.77. The Morgan fingerprint density at radius 2 is 1.76 bits per heavy atom. The number of hydrogen-bond acceptors (Lipinski definition) is 4. The Hall–Kier alpha value is -2.66. The van der Waals surface area contributed by atoms with Crippen LogP contribution in [-0.4, -0.2) is 31.9 Å². The summed E-state index contributed by atoms with van der Waals surface area (Å²) in [5.74, 6) is 0.989. The van der Waals surface area contributed by atoms with E-state index >= 15 is 0 Å². The van der Waals surface area contributed by atoms with Crippen LogP contribution in [0.3, 0.4) is 0 Å². The highest BCUT2D eigenvalue weighted by molar-refractivity contribution is 5.95. The molecule has 0 aliphatic heterocycles. The molecule has 0 spiro atoms. The summed E-state index contributed by atoms with van der Waals surface area (Å²) >= 11 is 0. The molecule has 0 unspecified atom stereocenters. The Balaban J connectivity index is 1.72. The Kier molecular flexibility index (Phi) is 7.04. The lowest BCUT2D eigenvalue weighted by atomic mass is 9.85. The number of hydrogen-bond donors (Lipinski definition) is 2. The second-order valence-electron chi connectivity index (χ2n) is 7.72. The predicted molar refractivity (Wildman–Crippen MR) is 115 cm³/mol. The minimum Gasteiger partial charge on any atom is -0.496 e. The van der Waals surface area contributed by atoms with E-state index in [0.29, 0.717) is 18.2 Å². The van der Waals surface area contributed by atoms with E-state index in [1.807, 2.05) is 49.5 Å². The molecule has 0 heterocycles.